The van der Waals surface area contributed by atoms with E-state index in [0.717, 1.165) is 5.69 Å². The van der Waals surface area contributed by atoms with Crippen molar-refractivity contribution in [2.45, 2.75) is 25.8 Å². The van der Waals surface area contributed by atoms with Crippen LogP contribution in [-0.4, -0.2) is 29.4 Å². The molecule has 0 aliphatic carbocycles. The van der Waals surface area contributed by atoms with Crippen LogP contribution in [0.4, 0.5) is 0 Å². The Bertz CT molecular complexity index is 490. The van der Waals surface area contributed by atoms with Crippen molar-refractivity contribution in [2.24, 2.45) is 0 Å². The summed E-state index contributed by atoms with van der Waals surface area (Å²) < 4.78 is 0. The zero-order valence-electron chi connectivity index (χ0n) is 10.00. The van der Waals surface area contributed by atoms with Crippen LogP contribution in [0.2, 0.25) is 5.15 Å². The SMILES string of the molecule is CCc1cc(C(=O)NC2CNC(=O)C2)cc(Cl)n1. The maximum absolute atomic E-state index is 12.0. The number of rotatable bonds is 3. The van der Waals surface area contributed by atoms with Crippen LogP contribution < -0.4 is 10.6 Å². The molecule has 1 aromatic rings. The smallest absolute Gasteiger partial charge is 0.251 e. The molecule has 2 rings (SSSR count). The molecule has 5 nitrogen and oxygen atoms in total. The molecule has 0 bridgehead atoms. The fraction of sp³-hybridized carbons (Fsp3) is 0.417. The fourth-order valence-electron chi connectivity index (χ4n) is 1.84. The first kappa shape index (κ1) is 12.8. The number of aryl methyl sites for hydroxylation is 1. The number of aromatic nitrogens is 1. The van der Waals surface area contributed by atoms with Crippen molar-refractivity contribution in [3.05, 3.63) is 28.5 Å². The Hall–Kier alpha value is -1.62. The number of halogens is 1. The van der Waals surface area contributed by atoms with Crippen molar-refractivity contribution in [1.82, 2.24) is 15.6 Å². The number of amides is 2. The summed E-state index contributed by atoms with van der Waals surface area (Å²) in [6.07, 6.45) is 1.04. The van der Waals surface area contributed by atoms with E-state index in [2.05, 4.69) is 15.6 Å². The van der Waals surface area contributed by atoms with E-state index in [1.165, 1.54) is 6.07 Å². The molecular formula is C12H14ClN3O2. The summed E-state index contributed by atoms with van der Waals surface area (Å²) >= 11 is 5.86. The molecule has 1 atom stereocenters. The lowest BCUT2D eigenvalue weighted by Gasteiger charge is -2.11. The first-order chi connectivity index (χ1) is 8.58. The predicted molar refractivity (Wildman–Crippen MR) is 67.5 cm³/mol. The van der Waals surface area contributed by atoms with Gasteiger partial charge >= 0.3 is 0 Å². The van der Waals surface area contributed by atoms with Gasteiger partial charge in [0.15, 0.2) is 0 Å². The van der Waals surface area contributed by atoms with Gasteiger partial charge in [0.05, 0.1) is 6.04 Å². The second-order valence-corrected chi connectivity index (χ2v) is 4.59. The second kappa shape index (κ2) is 5.35. The molecule has 0 aromatic carbocycles. The number of carbonyl (C=O) groups excluding carboxylic acids is 2. The Morgan fingerprint density at radius 3 is 3.00 bits per heavy atom. The molecule has 1 unspecified atom stereocenters. The van der Waals surface area contributed by atoms with Gasteiger partial charge in [-0.05, 0) is 18.6 Å². The fourth-order valence-corrected chi connectivity index (χ4v) is 2.07. The maximum atomic E-state index is 12.0. The van der Waals surface area contributed by atoms with E-state index in [9.17, 15) is 9.59 Å². The predicted octanol–water partition coefficient (Wildman–Crippen LogP) is 0.916. The summed E-state index contributed by atoms with van der Waals surface area (Å²) in [5, 5.41) is 5.77. The van der Waals surface area contributed by atoms with Gasteiger partial charge in [-0.2, -0.15) is 0 Å². The van der Waals surface area contributed by atoms with Crippen molar-refractivity contribution in [2.75, 3.05) is 6.54 Å². The van der Waals surface area contributed by atoms with E-state index in [0.29, 0.717) is 30.1 Å². The van der Waals surface area contributed by atoms with Gasteiger partial charge in [0.1, 0.15) is 5.15 Å². The van der Waals surface area contributed by atoms with E-state index in [1.807, 2.05) is 6.92 Å². The first-order valence-electron chi connectivity index (χ1n) is 5.82. The highest BCUT2D eigenvalue weighted by molar-refractivity contribution is 6.29. The quantitative estimate of drug-likeness (QED) is 0.800. The summed E-state index contributed by atoms with van der Waals surface area (Å²) in [7, 11) is 0. The highest BCUT2D eigenvalue weighted by atomic mass is 35.5. The zero-order valence-corrected chi connectivity index (χ0v) is 10.8. The summed E-state index contributed by atoms with van der Waals surface area (Å²) in [6.45, 7) is 2.42. The average molecular weight is 268 g/mol. The summed E-state index contributed by atoms with van der Waals surface area (Å²) in [4.78, 5) is 27.1. The topological polar surface area (TPSA) is 71.1 Å². The van der Waals surface area contributed by atoms with Crippen molar-refractivity contribution in [3.63, 3.8) is 0 Å². The Kier molecular flexibility index (Phi) is 3.81. The minimum Gasteiger partial charge on any atom is -0.354 e. The molecule has 2 heterocycles. The van der Waals surface area contributed by atoms with Gasteiger partial charge in [-0.3, -0.25) is 9.59 Å². The molecular weight excluding hydrogens is 254 g/mol. The molecule has 0 spiro atoms. The van der Waals surface area contributed by atoms with Crippen LogP contribution >= 0.6 is 11.6 Å². The van der Waals surface area contributed by atoms with Gasteiger partial charge < -0.3 is 10.6 Å². The molecule has 1 aliphatic heterocycles. The molecule has 1 saturated heterocycles. The van der Waals surface area contributed by atoms with E-state index >= 15 is 0 Å². The molecule has 18 heavy (non-hydrogen) atoms. The summed E-state index contributed by atoms with van der Waals surface area (Å²) in [5.41, 5.74) is 1.25. The zero-order chi connectivity index (χ0) is 13.1. The minimum absolute atomic E-state index is 0.0395. The third-order valence-electron chi connectivity index (χ3n) is 2.78. The maximum Gasteiger partial charge on any atom is 0.251 e. The number of nitrogens with one attached hydrogen (secondary N) is 2. The Labute approximate surface area is 110 Å². The highest BCUT2D eigenvalue weighted by Crippen LogP contribution is 2.12. The lowest BCUT2D eigenvalue weighted by Crippen LogP contribution is -2.36. The van der Waals surface area contributed by atoms with Gasteiger partial charge in [-0.15, -0.1) is 0 Å². The number of hydrogen-bond donors (Lipinski definition) is 2. The van der Waals surface area contributed by atoms with Crippen LogP contribution in [0.25, 0.3) is 0 Å². The molecule has 1 fully saturated rings. The lowest BCUT2D eigenvalue weighted by molar-refractivity contribution is -0.119. The number of hydrogen-bond acceptors (Lipinski definition) is 3. The number of nitrogens with zero attached hydrogens (tertiary/aromatic N) is 1. The van der Waals surface area contributed by atoms with E-state index < -0.39 is 0 Å². The van der Waals surface area contributed by atoms with Crippen molar-refractivity contribution in [3.8, 4) is 0 Å². The van der Waals surface area contributed by atoms with Crippen LogP contribution in [-0.2, 0) is 11.2 Å². The molecule has 1 aromatic heterocycles. The monoisotopic (exact) mass is 267 g/mol. The lowest BCUT2D eigenvalue weighted by atomic mass is 10.1. The van der Waals surface area contributed by atoms with E-state index in [1.54, 1.807) is 6.07 Å². The molecule has 0 radical (unpaired) electrons. The normalized spacial score (nSPS) is 18.6. The largest absolute Gasteiger partial charge is 0.354 e. The third kappa shape index (κ3) is 2.98. The van der Waals surface area contributed by atoms with Gasteiger partial charge in [-0.25, -0.2) is 4.98 Å². The minimum atomic E-state index is -0.226. The summed E-state index contributed by atoms with van der Waals surface area (Å²) in [5.74, 6) is -0.266. The van der Waals surface area contributed by atoms with Crippen molar-refractivity contribution < 1.29 is 9.59 Å². The van der Waals surface area contributed by atoms with Crippen LogP contribution in [0.15, 0.2) is 12.1 Å². The standard InChI is InChI=1S/C12H14ClN3O2/c1-2-8-3-7(4-10(13)15-8)12(18)16-9-5-11(17)14-6-9/h3-4,9H,2,5-6H2,1H3,(H,14,17)(H,16,18). The van der Waals surface area contributed by atoms with Gasteiger partial charge in [0, 0.05) is 24.2 Å². The Balaban J connectivity index is 2.08. The Morgan fingerprint density at radius 2 is 2.39 bits per heavy atom. The van der Waals surface area contributed by atoms with Gasteiger partial charge in [0.25, 0.3) is 5.91 Å². The molecule has 2 amide bonds. The Morgan fingerprint density at radius 1 is 1.61 bits per heavy atom. The van der Waals surface area contributed by atoms with Crippen LogP contribution in [0.3, 0.4) is 0 Å². The average Bonchev–Trinajstić information content (AvgIpc) is 2.73. The summed E-state index contributed by atoms with van der Waals surface area (Å²) in [6, 6.07) is 3.09. The van der Waals surface area contributed by atoms with Crippen molar-refractivity contribution in [1.29, 1.82) is 0 Å². The molecule has 0 saturated carbocycles. The van der Waals surface area contributed by atoms with Crippen LogP contribution in [0.5, 0.6) is 0 Å². The number of pyridine rings is 1. The second-order valence-electron chi connectivity index (χ2n) is 4.20. The van der Waals surface area contributed by atoms with Gasteiger partial charge in [-0.1, -0.05) is 18.5 Å². The molecule has 1 aliphatic rings. The first-order valence-corrected chi connectivity index (χ1v) is 6.20. The third-order valence-corrected chi connectivity index (χ3v) is 2.98. The van der Waals surface area contributed by atoms with E-state index in [-0.39, 0.29) is 17.9 Å². The van der Waals surface area contributed by atoms with Gasteiger partial charge in [0.2, 0.25) is 5.91 Å². The molecule has 6 heteroatoms. The van der Waals surface area contributed by atoms with Crippen LogP contribution in [0, 0.1) is 0 Å². The van der Waals surface area contributed by atoms with E-state index in [4.69, 9.17) is 11.6 Å². The molecule has 2 N–H and O–H groups in total. The highest BCUT2D eigenvalue weighted by Gasteiger charge is 2.23. The van der Waals surface area contributed by atoms with Crippen LogP contribution in [0.1, 0.15) is 29.4 Å². The van der Waals surface area contributed by atoms with Crippen molar-refractivity contribution >= 4 is 23.4 Å². The molecule has 96 valence electrons. The number of carbonyl (C=O) groups is 2.